The molecule has 0 saturated carbocycles. The van der Waals surface area contributed by atoms with Gasteiger partial charge in [0, 0.05) is 44.2 Å². The molecule has 1 aliphatic heterocycles. The van der Waals surface area contributed by atoms with Crippen LogP contribution in [-0.4, -0.2) is 59.4 Å². The Morgan fingerprint density at radius 3 is 2.92 bits per heavy atom. The van der Waals surface area contributed by atoms with Gasteiger partial charge in [-0.2, -0.15) is 4.98 Å². The Balaban J connectivity index is 1.71. The number of hydrogen-bond donors (Lipinski definition) is 1. The number of hydrogen-bond acceptors (Lipinski definition) is 8. The minimum absolute atomic E-state index is 0.179. The van der Waals surface area contributed by atoms with Gasteiger partial charge in [0.25, 0.3) is 0 Å². The van der Waals surface area contributed by atoms with Crippen LogP contribution < -0.4 is 15.0 Å². The molecule has 1 fully saturated rings. The molecule has 1 saturated heterocycles. The Morgan fingerprint density at radius 2 is 2.17 bits per heavy atom. The predicted molar refractivity (Wildman–Crippen MR) is 90.4 cm³/mol. The fourth-order valence-electron chi connectivity index (χ4n) is 2.87. The number of ether oxygens (including phenoxy) is 2. The van der Waals surface area contributed by atoms with Gasteiger partial charge >= 0.3 is 0 Å². The van der Waals surface area contributed by atoms with Crippen LogP contribution in [0.25, 0.3) is 0 Å². The molecule has 8 nitrogen and oxygen atoms in total. The molecule has 0 unspecified atom stereocenters. The van der Waals surface area contributed by atoms with Crippen LogP contribution in [0.3, 0.4) is 0 Å². The molecule has 128 valence electrons. The first-order chi connectivity index (χ1) is 11.7. The Kier molecular flexibility index (Phi) is 5.05. The number of anilines is 2. The number of methoxy groups -OCH3 is 2. The molecular weight excluding hydrogens is 308 g/mol. The summed E-state index contributed by atoms with van der Waals surface area (Å²) in [6, 6.07) is 3.95. The van der Waals surface area contributed by atoms with Crippen molar-refractivity contribution in [3.05, 3.63) is 30.4 Å². The van der Waals surface area contributed by atoms with Crippen molar-refractivity contribution in [3.63, 3.8) is 0 Å². The van der Waals surface area contributed by atoms with Gasteiger partial charge in [0.2, 0.25) is 11.8 Å². The molecule has 1 N–H and O–H groups in total. The van der Waals surface area contributed by atoms with Crippen LogP contribution >= 0.6 is 0 Å². The highest BCUT2D eigenvalue weighted by atomic mass is 16.5. The highest BCUT2D eigenvalue weighted by Crippen LogP contribution is 2.26. The molecule has 24 heavy (non-hydrogen) atoms. The van der Waals surface area contributed by atoms with E-state index in [2.05, 4.69) is 30.2 Å². The number of rotatable bonds is 6. The van der Waals surface area contributed by atoms with Crippen LogP contribution in [0.1, 0.15) is 12.1 Å². The SMILES string of the molecule is COc1ccnc(NC[C@@H]2C[C@H](OC)CN2c2cc(C)ncn2)n1. The lowest BCUT2D eigenvalue weighted by atomic mass is 10.2. The molecule has 8 heteroatoms. The van der Waals surface area contributed by atoms with Crippen molar-refractivity contribution in [2.24, 2.45) is 0 Å². The average molecular weight is 330 g/mol. The quantitative estimate of drug-likeness (QED) is 0.848. The van der Waals surface area contributed by atoms with Crippen LogP contribution in [0.15, 0.2) is 24.7 Å². The van der Waals surface area contributed by atoms with Gasteiger partial charge in [0.05, 0.1) is 19.3 Å². The smallest absolute Gasteiger partial charge is 0.226 e. The van der Waals surface area contributed by atoms with E-state index in [1.807, 2.05) is 13.0 Å². The fourth-order valence-corrected chi connectivity index (χ4v) is 2.87. The molecule has 0 radical (unpaired) electrons. The summed E-state index contributed by atoms with van der Waals surface area (Å²) in [4.78, 5) is 19.3. The largest absolute Gasteiger partial charge is 0.481 e. The van der Waals surface area contributed by atoms with Gasteiger partial charge in [-0.1, -0.05) is 0 Å². The van der Waals surface area contributed by atoms with Crippen LogP contribution in [0.5, 0.6) is 5.88 Å². The summed E-state index contributed by atoms with van der Waals surface area (Å²) in [6.07, 6.45) is 4.36. The van der Waals surface area contributed by atoms with Crippen molar-refractivity contribution in [1.29, 1.82) is 0 Å². The van der Waals surface area contributed by atoms with E-state index in [9.17, 15) is 0 Å². The first-order valence-corrected chi connectivity index (χ1v) is 7.88. The number of aryl methyl sites for hydroxylation is 1. The average Bonchev–Trinajstić information content (AvgIpc) is 3.03. The second-order valence-corrected chi connectivity index (χ2v) is 5.72. The van der Waals surface area contributed by atoms with E-state index in [-0.39, 0.29) is 12.1 Å². The molecule has 2 aromatic heterocycles. The van der Waals surface area contributed by atoms with Crippen LogP contribution in [0.4, 0.5) is 11.8 Å². The number of nitrogens with one attached hydrogen (secondary N) is 1. The number of aromatic nitrogens is 4. The Bertz CT molecular complexity index is 683. The normalized spacial score (nSPS) is 20.2. The lowest BCUT2D eigenvalue weighted by Gasteiger charge is -2.25. The topological polar surface area (TPSA) is 85.3 Å². The van der Waals surface area contributed by atoms with Gasteiger partial charge in [0.15, 0.2) is 0 Å². The summed E-state index contributed by atoms with van der Waals surface area (Å²) in [6.45, 7) is 3.46. The van der Waals surface area contributed by atoms with Gasteiger partial charge in [-0.25, -0.2) is 15.0 Å². The summed E-state index contributed by atoms with van der Waals surface area (Å²) < 4.78 is 10.7. The summed E-state index contributed by atoms with van der Waals surface area (Å²) in [5, 5.41) is 3.28. The first kappa shape index (κ1) is 16.4. The van der Waals surface area contributed by atoms with Crippen LogP contribution in [0, 0.1) is 6.92 Å². The number of nitrogens with zero attached hydrogens (tertiary/aromatic N) is 5. The molecule has 0 bridgehead atoms. The van der Waals surface area contributed by atoms with Crippen molar-refractivity contribution in [3.8, 4) is 5.88 Å². The Hall–Kier alpha value is -2.48. The molecule has 3 heterocycles. The monoisotopic (exact) mass is 330 g/mol. The zero-order chi connectivity index (χ0) is 16.9. The first-order valence-electron chi connectivity index (χ1n) is 7.88. The van der Waals surface area contributed by atoms with Gasteiger partial charge in [0.1, 0.15) is 12.1 Å². The lowest BCUT2D eigenvalue weighted by molar-refractivity contribution is 0.118. The lowest BCUT2D eigenvalue weighted by Crippen LogP contribution is -2.36. The second kappa shape index (κ2) is 7.39. The molecule has 0 spiro atoms. The van der Waals surface area contributed by atoms with Gasteiger partial charge in [-0.3, -0.25) is 0 Å². The Morgan fingerprint density at radius 1 is 1.29 bits per heavy atom. The van der Waals surface area contributed by atoms with E-state index in [4.69, 9.17) is 9.47 Å². The zero-order valence-corrected chi connectivity index (χ0v) is 14.1. The van der Waals surface area contributed by atoms with Gasteiger partial charge in [-0.15, -0.1) is 0 Å². The van der Waals surface area contributed by atoms with Crippen molar-refractivity contribution in [1.82, 2.24) is 19.9 Å². The zero-order valence-electron chi connectivity index (χ0n) is 14.1. The summed E-state index contributed by atoms with van der Waals surface area (Å²) in [5.41, 5.74) is 0.948. The maximum absolute atomic E-state index is 5.55. The summed E-state index contributed by atoms with van der Waals surface area (Å²) in [5.74, 6) is 2.01. The van der Waals surface area contributed by atoms with E-state index in [0.717, 1.165) is 24.5 Å². The van der Waals surface area contributed by atoms with Gasteiger partial charge < -0.3 is 19.7 Å². The van der Waals surface area contributed by atoms with Crippen LogP contribution in [0.2, 0.25) is 0 Å². The molecular formula is C16H22N6O2. The second-order valence-electron chi connectivity index (χ2n) is 5.72. The minimum Gasteiger partial charge on any atom is -0.481 e. The highest BCUT2D eigenvalue weighted by Gasteiger charge is 2.33. The van der Waals surface area contributed by atoms with E-state index in [0.29, 0.717) is 18.4 Å². The molecule has 2 atom stereocenters. The molecule has 3 rings (SSSR count). The van der Waals surface area contributed by atoms with E-state index in [1.165, 1.54) is 0 Å². The third kappa shape index (κ3) is 3.70. The molecule has 0 aromatic carbocycles. The third-order valence-electron chi connectivity index (χ3n) is 4.13. The molecule has 2 aromatic rings. The maximum atomic E-state index is 5.55. The highest BCUT2D eigenvalue weighted by molar-refractivity contribution is 5.43. The van der Waals surface area contributed by atoms with Crippen molar-refractivity contribution in [2.45, 2.75) is 25.5 Å². The minimum atomic E-state index is 0.179. The fraction of sp³-hybridized carbons (Fsp3) is 0.500. The van der Waals surface area contributed by atoms with E-state index < -0.39 is 0 Å². The van der Waals surface area contributed by atoms with Crippen LogP contribution in [-0.2, 0) is 4.74 Å². The van der Waals surface area contributed by atoms with Gasteiger partial charge in [-0.05, 0) is 13.3 Å². The third-order valence-corrected chi connectivity index (χ3v) is 4.13. The van der Waals surface area contributed by atoms with E-state index >= 15 is 0 Å². The summed E-state index contributed by atoms with van der Waals surface area (Å²) in [7, 11) is 3.33. The molecule has 1 aliphatic rings. The van der Waals surface area contributed by atoms with Crippen molar-refractivity contribution < 1.29 is 9.47 Å². The predicted octanol–water partition coefficient (Wildman–Crippen LogP) is 1.29. The standard InChI is InChI=1S/C16H22N6O2/c1-11-6-14(20-10-19-11)22-9-13(23-2)7-12(22)8-18-16-17-5-4-15(21-16)24-3/h4-6,10,12-13H,7-9H2,1-3H3,(H,17,18,21)/t12-,13-/m0/s1. The van der Waals surface area contributed by atoms with E-state index in [1.54, 1.807) is 32.8 Å². The summed E-state index contributed by atoms with van der Waals surface area (Å²) >= 11 is 0. The maximum Gasteiger partial charge on any atom is 0.226 e. The molecule has 0 amide bonds. The Labute approximate surface area is 141 Å². The van der Waals surface area contributed by atoms with Crippen molar-refractivity contribution >= 4 is 11.8 Å². The molecule has 0 aliphatic carbocycles. The van der Waals surface area contributed by atoms with Crippen molar-refractivity contribution in [2.75, 3.05) is 37.5 Å².